The summed E-state index contributed by atoms with van der Waals surface area (Å²) in [5.41, 5.74) is 6.44. The first-order valence-electron chi connectivity index (χ1n) is 6.42. The highest BCUT2D eigenvalue weighted by Gasteiger charge is 2.21. The summed E-state index contributed by atoms with van der Waals surface area (Å²) >= 11 is 0. The molecule has 1 saturated heterocycles. The molecule has 1 fully saturated rings. The van der Waals surface area contributed by atoms with Crippen LogP contribution < -0.4 is 15.4 Å². The van der Waals surface area contributed by atoms with Gasteiger partial charge in [0, 0.05) is 13.7 Å². The maximum Gasteiger partial charge on any atom is 0.239 e. The van der Waals surface area contributed by atoms with Gasteiger partial charge in [-0.3, -0.25) is 0 Å². The Labute approximate surface area is 108 Å². The number of nitrogens with two attached hydrogens (primary N) is 1. The molecule has 0 bridgehead atoms. The third-order valence-corrected chi connectivity index (χ3v) is 3.13. The predicted molar refractivity (Wildman–Crippen MR) is 72.1 cm³/mol. The van der Waals surface area contributed by atoms with Gasteiger partial charge in [0.1, 0.15) is 5.82 Å². The van der Waals surface area contributed by atoms with E-state index < -0.39 is 0 Å². The van der Waals surface area contributed by atoms with Crippen LogP contribution in [0.5, 0.6) is 5.88 Å². The third-order valence-electron chi connectivity index (χ3n) is 3.13. The Morgan fingerprint density at radius 1 is 1.56 bits per heavy atom. The minimum Gasteiger partial charge on any atom is -0.476 e. The van der Waals surface area contributed by atoms with Crippen molar-refractivity contribution in [3.8, 4) is 5.88 Å². The van der Waals surface area contributed by atoms with E-state index in [1.54, 1.807) is 0 Å². The first-order valence-corrected chi connectivity index (χ1v) is 6.42. The molecule has 100 valence electrons. The molecule has 0 saturated carbocycles. The third kappa shape index (κ3) is 2.85. The highest BCUT2D eigenvalue weighted by Crippen LogP contribution is 2.25. The van der Waals surface area contributed by atoms with Crippen molar-refractivity contribution in [1.82, 2.24) is 4.98 Å². The lowest BCUT2D eigenvalue weighted by molar-refractivity contribution is 0.193. The summed E-state index contributed by atoms with van der Waals surface area (Å²) in [6.07, 6.45) is 1.98. The number of rotatable bonds is 5. The number of hydrogen-bond donors (Lipinski definition) is 1. The maximum absolute atomic E-state index is 5.85. The average molecular weight is 251 g/mol. The van der Waals surface area contributed by atoms with Crippen molar-refractivity contribution in [2.45, 2.75) is 25.8 Å². The Balaban J connectivity index is 2.12. The zero-order valence-electron chi connectivity index (χ0n) is 11.1. The summed E-state index contributed by atoms with van der Waals surface area (Å²) < 4.78 is 10.9. The normalized spacial score (nSPS) is 18.9. The van der Waals surface area contributed by atoms with Gasteiger partial charge in [-0.1, -0.05) is 6.92 Å². The van der Waals surface area contributed by atoms with Crippen LogP contribution in [-0.4, -0.2) is 37.9 Å². The summed E-state index contributed by atoms with van der Waals surface area (Å²) in [4.78, 5) is 6.61. The molecule has 2 rings (SSSR count). The van der Waals surface area contributed by atoms with Gasteiger partial charge in [-0.15, -0.1) is 0 Å². The number of nitrogen functional groups attached to an aromatic ring is 1. The maximum atomic E-state index is 5.85. The lowest BCUT2D eigenvalue weighted by Crippen LogP contribution is -2.32. The molecule has 0 amide bonds. The van der Waals surface area contributed by atoms with Crippen LogP contribution in [0.4, 0.5) is 11.5 Å². The number of ether oxygens (including phenoxy) is 2. The molecule has 1 aromatic heterocycles. The summed E-state index contributed by atoms with van der Waals surface area (Å²) in [6, 6.07) is 4.16. The van der Waals surface area contributed by atoms with E-state index >= 15 is 0 Å². The molecule has 1 aliphatic heterocycles. The summed E-state index contributed by atoms with van der Waals surface area (Å²) in [7, 11) is 2.03. The second kappa shape index (κ2) is 5.91. The van der Waals surface area contributed by atoms with Crippen LogP contribution in [-0.2, 0) is 4.74 Å². The fourth-order valence-electron chi connectivity index (χ4n) is 1.97. The van der Waals surface area contributed by atoms with Gasteiger partial charge in [0.2, 0.25) is 5.88 Å². The number of anilines is 2. The summed E-state index contributed by atoms with van der Waals surface area (Å²) in [5, 5.41) is 0. The molecule has 0 radical (unpaired) electrons. The molecule has 1 atom stereocenters. The number of nitrogens with zero attached hydrogens (tertiary/aromatic N) is 2. The van der Waals surface area contributed by atoms with Gasteiger partial charge in [0.05, 0.1) is 24.9 Å². The van der Waals surface area contributed by atoms with Gasteiger partial charge in [-0.25, -0.2) is 0 Å². The number of likely N-dealkylation sites (N-methyl/N-ethyl adjacent to an activating group) is 1. The molecule has 0 aliphatic carbocycles. The molecular formula is C13H21N3O2. The van der Waals surface area contributed by atoms with Crippen LogP contribution in [0.25, 0.3) is 0 Å². The minimum absolute atomic E-state index is 0.389. The highest BCUT2D eigenvalue weighted by molar-refractivity contribution is 5.54. The zero-order chi connectivity index (χ0) is 13.0. The molecule has 0 aromatic carbocycles. The van der Waals surface area contributed by atoms with E-state index in [1.165, 1.54) is 0 Å². The minimum atomic E-state index is 0.389. The second-order valence-electron chi connectivity index (χ2n) is 4.54. The molecule has 1 unspecified atom stereocenters. The van der Waals surface area contributed by atoms with E-state index in [9.17, 15) is 0 Å². The SMILES string of the molecule is CCCOc1nc(N(C)C2CCOC2)ccc1N. The van der Waals surface area contributed by atoms with Crippen LogP contribution in [0.15, 0.2) is 12.1 Å². The van der Waals surface area contributed by atoms with Crippen molar-refractivity contribution in [1.29, 1.82) is 0 Å². The summed E-state index contributed by atoms with van der Waals surface area (Å²) in [5.74, 6) is 1.41. The van der Waals surface area contributed by atoms with Crippen LogP contribution in [0.1, 0.15) is 19.8 Å². The quantitative estimate of drug-likeness (QED) is 0.862. The standard InChI is InChI=1S/C13H21N3O2/c1-3-7-18-13-11(14)4-5-12(15-13)16(2)10-6-8-17-9-10/h4-5,10H,3,6-9,14H2,1-2H3. The molecule has 0 spiro atoms. The van der Waals surface area contributed by atoms with Crippen molar-refractivity contribution in [2.24, 2.45) is 0 Å². The molecule has 5 nitrogen and oxygen atoms in total. The van der Waals surface area contributed by atoms with Crippen molar-refractivity contribution < 1.29 is 9.47 Å². The van der Waals surface area contributed by atoms with E-state index in [1.807, 2.05) is 19.2 Å². The van der Waals surface area contributed by atoms with Crippen LogP contribution in [0.2, 0.25) is 0 Å². The van der Waals surface area contributed by atoms with Gasteiger partial charge in [-0.2, -0.15) is 4.98 Å². The number of pyridine rings is 1. The second-order valence-corrected chi connectivity index (χ2v) is 4.54. The van der Waals surface area contributed by atoms with Crippen LogP contribution in [0, 0.1) is 0 Å². The lowest BCUT2D eigenvalue weighted by atomic mass is 10.2. The lowest BCUT2D eigenvalue weighted by Gasteiger charge is -2.24. The van der Waals surface area contributed by atoms with Gasteiger partial charge in [0.25, 0.3) is 0 Å². The van der Waals surface area contributed by atoms with Gasteiger partial charge in [0.15, 0.2) is 0 Å². The van der Waals surface area contributed by atoms with Crippen molar-refractivity contribution in [2.75, 3.05) is 37.5 Å². The molecule has 1 aliphatic rings. The van der Waals surface area contributed by atoms with Gasteiger partial charge < -0.3 is 20.1 Å². The number of hydrogen-bond acceptors (Lipinski definition) is 5. The van der Waals surface area contributed by atoms with Crippen LogP contribution >= 0.6 is 0 Å². The highest BCUT2D eigenvalue weighted by atomic mass is 16.5. The Bertz CT molecular complexity index is 392. The van der Waals surface area contributed by atoms with E-state index in [0.717, 1.165) is 31.9 Å². The Kier molecular flexibility index (Phi) is 4.25. The largest absolute Gasteiger partial charge is 0.476 e. The molecule has 5 heteroatoms. The Morgan fingerprint density at radius 3 is 3.06 bits per heavy atom. The first kappa shape index (κ1) is 13.0. The smallest absolute Gasteiger partial charge is 0.239 e. The molecular weight excluding hydrogens is 230 g/mol. The zero-order valence-corrected chi connectivity index (χ0v) is 11.1. The van der Waals surface area contributed by atoms with E-state index in [4.69, 9.17) is 15.2 Å². The van der Waals surface area contributed by atoms with Crippen molar-refractivity contribution in [3.05, 3.63) is 12.1 Å². The fraction of sp³-hybridized carbons (Fsp3) is 0.615. The van der Waals surface area contributed by atoms with Crippen LogP contribution in [0.3, 0.4) is 0 Å². The predicted octanol–water partition coefficient (Wildman–Crippen LogP) is 1.68. The molecule has 2 heterocycles. The molecule has 2 N–H and O–H groups in total. The van der Waals surface area contributed by atoms with Crippen molar-refractivity contribution >= 4 is 11.5 Å². The Hall–Kier alpha value is -1.49. The number of aromatic nitrogens is 1. The first-order chi connectivity index (χ1) is 8.72. The molecule has 18 heavy (non-hydrogen) atoms. The van der Waals surface area contributed by atoms with E-state index in [2.05, 4.69) is 16.8 Å². The van der Waals surface area contributed by atoms with Gasteiger partial charge in [-0.05, 0) is 25.0 Å². The average Bonchev–Trinajstić information content (AvgIpc) is 2.91. The molecule has 1 aromatic rings. The monoisotopic (exact) mass is 251 g/mol. The fourth-order valence-corrected chi connectivity index (χ4v) is 1.97. The Morgan fingerprint density at radius 2 is 2.39 bits per heavy atom. The summed E-state index contributed by atoms with van der Waals surface area (Å²) in [6.45, 7) is 4.27. The van der Waals surface area contributed by atoms with Crippen molar-refractivity contribution in [3.63, 3.8) is 0 Å². The van der Waals surface area contributed by atoms with E-state index in [-0.39, 0.29) is 0 Å². The van der Waals surface area contributed by atoms with E-state index in [0.29, 0.717) is 24.2 Å². The topological polar surface area (TPSA) is 60.6 Å². The van der Waals surface area contributed by atoms with Gasteiger partial charge >= 0.3 is 0 Å².